The fraction of sp³-hybridized carbons (Fsp3) is 0.500. The SMILES string of the molecule is OB(O)c1cnn(CC(F)(F)C(F)(F)F)c1. The quantitative estimate of drug-likeness (QED) is 0.569. The molecule has 0 aromatic carbocycles. The number of halogens is 5. The predicted molar refractivity (Wildman–Crippen MR) is 43.1 cm³/mol. The van der Waals surface area contributed by atoms with Crippen LogP contribution in [0.4, 0.5) is 22.0 Å². The maximum Gasteiger partial charge on any atom is 0.491 e. The molecule has 90 valence electrons. The van der Waals surface area contributed by atoms with E-state index in [0.717, 1.165) is 6.20 Å². The fourth-order valence-corrected chi connectivity index (χ4v) is 0.892. The van der Waals surface area contributed by atoms with Crippen molar-refractivity contribution < 1.29 is 32.0 Å². The molecular formula is C6H6BF5N2O2. The van der Waals surface area contributed by atoms with Crippen LogP contribution in [0.3, 0.4) is 0 Å². The number of hydrogen-bond donors (Lipinski definition) is 2. The second kappa shape index (κ2) is 4.02. The van der Waals surface area contributed by atoms with Gasteiger partial charge in [0.1, 0.15) is 6.54 Å². The topological polar surface area (TPSA) is 58.3 Å². The van der Waals surface area contributed by atoms with E-state index >= 15 is 0 Å². The molecule has 1 heterocycles. The van der Waals surface area contributed by atoms with Gasteiger partial charge in [-0.1, -0.05) is 0 Å². The van der Waals surface area contributed by atoms with Gasteiger partial charge >= 0.3 is 19.2 Å². The van der Waals surface area contributed by atoms with Crippen LogP contribution in [0, 0.1) is 0 Å². The van der Waals surface area contributed by atoms with Crippen LogP contribution in [0.2, 0.25) is 0 Å². The molecule has 0 bridgehead atoms. The molecule has 2 N–H and O–H groups in total. The molecule has 0 fully saturated rings. The zero-order chi connectivity index (χ0) is 12.6. The average Bonchev–Trinajstić information content (AvgIpc) is 2.49. The van der Waals surface area contributed by atoms with Crippen molar-refractivity contribution in [3.8, 4) is 0 Å². The largest absolute Gasteiger partial charge is 0.491 e. The van der Waals surface area contributed by atoms with Gasteiger partial charge in [-0.25, -0.2) is 0 Å². The smallest absolute Gasteiger partial charge is 0.423 e. The second-order valence-corrected chi connectivity index (χ2v) is 3.05. The standard InChI is InChI=1S/C6H6BF5N2O2/c8-5(9,6(10,11)12)3-14-2-4(1-13-14)7(15)16/h1-2,15-16H,3H2. The number of aromatic nitrogens is 2. The molecule has 0 amide bonds. The van der Waals surface area contributed by atoms with E-state index in [9.17, 15) is 22.0 Å². The first kappa shape index (κ1) is 12.9. The van der Waals surface area contributed by atoms with Gasteiger partial charge in [0, 0.05) is 17.9 Å². The van der Waals surface area contributed by atoms with E-state index < -0.39 is 25.8 Å². The lowest BCUT2D eigenvalue weighted by molar-refractivity contribution is -0.287. The summed E-state index contributed by atoms with van der Waals surface area (Å²) < 4.78 is 60.7. The second-order valence-electron chi connectivity index (χ2n) is 3.05. The molecule has 0 saturated carbocycles. The fourth-order valence-electron chi connectivity index (χ4n) is 0.892. The Morgan fingerprint density at radius 3 is 2.19 bits per heavy atom. The van der Waals surface area contributed by atoms with Crippen molar-refractivity contribution in [1.29, 1.82) is 0 Å². The lowest BCUT2D eigenvalue weighted by atomic mass is 9.83. The molecule has 4 nitrogen and oxygen atoms in total. The van der Waals surface area contributed by atoms with Crippen LogP contribution in [0.25, 0.3) is 0 Å². The van der Waals surface area contributed by atoms with Gasteiger partial charge in [-0.05, 0) is 0 Å². The lowest BCUT2D eigenvalue weighted by Gasteiger charge is -2.19. The van der Waals surface area contributed by atoms with E-state index in [1.165, 1.54) is 0 Å². The molecule has 1 rings (SSSR count). The minimum Gasteiger partial charge on any atom is -0.423 e. The van der Waals surface area contributed by atoms with Gasteiger partial charge in [0.25, 0.3) is 0 Å². The summed E-state index contributed by atoms with van der Waals surface area (Å²) in [6.07, 6.45) is -4.18. The summed E-state index contributed by atoms with van der Waals surface area (Å²) in [6.45, 7) is -1.71. The third kappa shape index (κ3) is 2.70. The Balaban J connectivity index is 2.81. The van der Waals surface area contributed by atoms with Crippen molar-refractivity contribution in [3.63, 3.8) is 0 Å². The van der Waals surface area contributed by atoms with Gasteiger partial charge < -0.3 is 10.0 Å². The van der Waals surface area contributed by atoms with Gasteiger partial charge in [0.15, 0.2) is 0 Å². The van der Waals surface area contributed by atoms with E-state index in [1.807, 2.05) is 0 Å². The van der Waals surface area contributed by atoms with Crippen LogP contribution in [0.5, 0.6) is 0 Å². The van der Waals surface area contributed by atoms with E-state index in [4.69, 9.17) is 10.0 Å². The maximum atomic E-state index is 12.5. The minimum absolute atomic E-state index is 0.266. The number of hydrogen-bond acceptors (Lipinski definition) is 3. The highest BCUT2D eigenvalue weighted by Gasteiger charge is 2.57. The predicted octanol–water partition coefficient (Wildman–Crippen LogP) is -0.240. The van der Waals surface area contributed by atoms with Gasteiger partial charge in [-0.2, -0.15) is 27.1 Å². The van der Waals surface area contributed by atoms with Gasteiger partial charge in [-0.3, -0.25) is 4.68 Å². The zero-order valence-corrected chi connectivity index (χ0v) is 7.62. The van der Waals surface area contributed by atoms with Crippen LogP contribution >= 0.6 is 0 Å². The van der Waals surface area contributed by atoms with E-state index in [2.05, 4.69) is 5.10 Å². The third-order valence-corrected chi connectivity index (χ3v) is 1.73. The molecule has 1 aromatic rings. The lowest BCUT2D eigenvalue weighted by Crippen LogP contribution is -2.40. The summed E-state index contributed by atoms with van der Waals surface area (Å²) in [5.74, 6) is -4.92. The molecule has 16 heavy (non-hydrogen) atoms. The Labute approximate surface area is 86.4 Å². The highest BCUT2D eigenvalue weighted by atomic mass is 19.4. The summed E-state index contributed by atoms with van der Waals surface area (Å²) in [4.78, 5) is 0. The van der Waals surface area contributed by atoms with Gasteiger partial charge in [-0.15, -0.1) is 0 Å². The Morgan fingerprint density at radius 2 is 1.81 bits per heavy atom. The number of alkyl halides is 5. The number of rotatable bonds is 3. The van der Waals surface area contributed by atoms with Crippen molar-refractivity contribution in [2.45, 2.75) is 18.6 Å². The molecule has 0 atom stereocenters. The van der Waals surface area contributed by atoms with E-state index in [0.29, 0.717) is 10.9 Å². The Morgan fingerprint density at radius 1 is 1.25 bits per heavy atom. The highest BCUT2D eigenvalue weighted by molar-refractivity contribution is 6.58. The maximum absolute atomic E-state index is 12.5. The molecular weight excluding hydrogens is 238 g/mol. The first-order valence-electron chi connectivity index (χ1n) is 3.96. The van der Waals surface area contributed by atoms with Crippen LogP contribution in [-0.4, -0.2) is 39.0 Å². The molecule has 0 unspecified atom stereocenters. The third-order valence-electron chi connectivity index (χ3n) is 1.73. The molecule has 10 heteroatoms. The van der Waals surface area contributed by atoms with Crippen molar-refractivity contribution >= 4 is 12.6 Å². The Kier molecular flexibility index (Phi) is 3.24. The van der Waals surface area contributed by atoms with Crippen LogP contribution in [0.1, 0.15) is 0 Å². The molecule has 0 saturated heterocycles. The summed E-state index contributed by atoms with van der Waals surface area (Å²) in [6, 6.07) is 0. The summed E-state index contributed by atoms with van der Waals surface area (Å²) in [7, 11) is -1.96. The van der Waals surface area contributed by atoms with Crippen LogP contribution in [0.15, 0.2) is 12.4 Å². The van der Waals surface area contributed by atoms with Gasteiger partial charge in [0.05, 0.1) is 0 Å². The molecule has 0 aliphatic carbocycles. The molecule has 0 aliphatic rings. The van der Waals surface area contributed by atoms with Crippen molar-refractivity contribution in [1.82, 2.24) is 9.78 Å². The van der Waals surface area contributed by atoms with Crippen molar-refractivity contribution in [2.75, 3.05) is 0 Å². The Bertz CT molecular complexity index is 364. The molecule has 0 spiro atoms. The number of nitrogens with zero attached hydrogens (tertiary/aromatic N) is 2. The van der Waals surface area contributed by atoms with E-state index in [-0.39, 0.29) is 5.46 Å². The first-order valence-corrected chi connectivity index (χ1v) is 3.96. The summed E-state index contributed by atoms with van der Waals surface area (Å²) in [5.41, 5.74) is -0.266. The Hall–Kier alpha value is -1.16. The normalized spacial score (nSPS) is 12.9. The average molecular weight is 244 g/mol. The summed E-state index contributed by atoms with van der Waals surface area (Å²) in [5, 5.41) is 20.3. The molecule has 0 aliphatic heterocycles. The van der Waals surface area contributed by atoms with Gasteiger partial charge in [0.2, 0.25) is 0 Å². The van der Waals surface area contributed by atoms with E-state index in [1.54, 1.807) is 0 Å². The highest BCUT2D eigenvalue weighted by Crippen LogP contribution is 2.36. The summed E-state index contributed by atoms with van der Waals surface area (Å²) >= 11 is 0. The molecule has 1 aromatic heterocycles. The monoisotopic (exact) mass is 244 g/mol. The first-order chi connectivity index (χ1) is 7.13. The molecule has 0 radical (unpaired) electrons. The minimum atomic E-state index is -5.67. The van der Waals surface area contributed by atoms with Crippen LogP contribution in [-0.2, 0) is 6.54 Å². The van der Waals surface area contributed by atoms with Crippen LogP contribution < -0.4 is 5.46 Å². The van der Waals surface area contributed by atoms with Crippen molar-refractivity contribution in [3.05, 3.63) is 12.4 Å². The van der Waals surface area contributed by atoms with Crippen molar-refractivity contribution in [2.24, 2.45) is 0 Å². The zero-order valence-electron chi connectivity index (χ0n) is 7.62.